The molecule has 1 N–H and O–H groups in total. The van der Waals surface area contributed by atoms with Gasteiger partial charge in [0.05, 0.1) is 23.3 Å². The Labute approximate surface area is 159 Å². The Kier molecular flexibility index (Phi) is 5.51. The molecule has 140 valence electrons. The van der Waals surface area contributed by atoms with Gasteiger partial charge in [0.2, 0.25) is 0 Å². The lowest BCUT2D eigenvalue weighted by molar-refractivity contribution is -0.140. The summed E-state index contributed by atoms with van der Waals surface area (Å²) in [4.78, 5) is 28.6. The van der Waals surface area contributed by atoms with Gasteiger partial charge in [-0.05, 0) is 19.1 Å². The second kappa shape index (κ2) is 7.84. The van der Waals surface area contributed by atoms with Crippen molar-refractivity contribution in [3.8, 4) is 0 Å². The van der Waals surface area contributed by atoms with Gasteiger partial charge >= 0.3 is 5.97 Å². The minimum absolute atomic E-state index is 0.0728. The van der Waals surface area contributed by atoms with E-state index in [1.165, 1.54) is 6.07 Å². The van der Waals surface area contributed by atoms with Gasteiger partial charge in [0.15, 0.2) is 0 Å². The van der Waals surface area contributed by atoms with Crippen molar-refractivity contribution < 1.29 is 23.1 Å². The maximum Gasteiger partial charge on any atom is 0.345 e. The summed E-state index contributed by atoms with van der Waals surface area (Å²) >= 11 is 6.13. The number of amides is 1. The molecule has 1 amide bonds. The zero-order valence-corrected chi connectivity index (χ0v) is 15.0. The van der Waals surface area contributed by atoms with Gasteiger partial charge in [0, 0.05) is 23.9 Å². The molecule has 2 aliphatic rings. The number of fused-ring (bicyclic) bond motifs is 1. The Hall–Kier alpha value is -2.80. The highest BCUT2D eigenvalue weighted by Crippen LogP contribution is 2.31. The predicted molar refractivity (Wildman–Crippen MR) is 95.9 cm³/mol. The van der Waals surface area contributed by atoms with E-state index in [9.17, 15) is 18.4 Å². The maximum absolute atomic E-state index is 13.9. The molecule has 0 aromatic heterocycles. The highest BCUT2D eigenvalue weighted by atomic mass is 35.5. The number of carbonyl (C=O) groups is 2. The molecule has 0 fully saturated rings. The third-order valence-corrected chi connectivity index (χ3v) is 4.39. The van der Waals surface area contributed by atoms with Crippen molar-refractivity contribution in [2.24, 2.45) is 10.9 Å². The number of hydrogen-bond acceptors (Lipinski definition) is 4. The number of ether oxygens (including phenoxy) is 1. The summed E-state index contributed by atoms with van der Waals surface area (Å²) in [6.07, 6.45) is 4.96. The van der Waals surface area contributed by atoms with E-state index in [1.54, 1.807) is 25.2 Å². The molecule has 5 nitrogen and oxygen atoms in total. The van der Waals surface area contributed by atoms with Crippen LogP contribution in [0.4, 0.5) is 8.78 Å². The fraction of sp³-hybridized carbons (Fsp3) is 0.211. The Morgan fingerprint density at radius 2 is 2.15 bits per heavy atom. The van der Waals surface area contributed by atoms with Crippen molar-refractivity contribution in [3.63, 3.8) is 0 Å². The summed E-state index contributed by atoms with van der Waals surface area (Å²) in [6, 6.07) is 3.17. The van der Waals surface area contributed by atoms with Gasteiger partial charge in [-0.3, -0.25) is 4.79 Å². The molecule has 0 saturated carbocycles. The first-order chi connectivity index (χ1) is 12.9. The van der Waals surface area contributed by atoms with Crippen molar-refractivity contribution >= 4 is 29.2 Å². The highest BCUT2D eigenvalue weighted by Gasteiger charge is 2.36. The standard InChI is InChI=1S/C19H15ClF2N2O3/c1-2-27-19(26)15-17(23-9-10-6-7-11(21)8-14(10)22)12-4-3-5-13(20)16(12)24-18(15)25/h3-8,12,23H,2,9H2,1H3. The minimum atomic E-state index is -0.827. The summed E-state index contributed by atoms with van der Waals surface area (Å²) in [5, 5.41) is 3.18. The SMILES string of the molecule is CCOC(=O)C1=C(NCc2ccc(F)cc2F)C2C=CC=C(Cl)C2=NC1=O. The van der Waals surface area contributed by atoms with Crippen LogP contribution in [0.25, 0.3) is 0 Å². The van der Waals surface area contributed by atoms with Crippen molar-refractivity contribution in [1.29, 1.82) is 0 Å². The quantitative estimate of drug-likeness (QED) is 0.617. The number of carbonyl (C=O) groups excluding carboxylic acids is 2. The molecule has 0 bridgehead atoms. The summed E-state index contributed by atoms with van der Waals surface area (Å²) in [5.41, 5.74) is 0.420. The smallest absolute Gasteiger partial charge is 0.345 e. The predicted octanol–water partition coefficient (Wildman–Crippen LogP) is 3.16. The van der Waals surface area contributed by atoms with Gasteiger partial charge in [-0.25, -0.2) is 18.6 Å². The van der Waals surface area contributed by atoms with E-state index in [1.807, 2.05) is 0 Å². The van der Waals surface area contributed by atoms with Crippen LogP contribution in [-0.2, 0) is 20.9 Å². The molecule has 1 aliphatic carbocycles. The molecule has 1 aromatic rings. The Morgan fingerprint density at radius 1 is 1.37 bits per heavy atom. The Morgan fingerprint density at radius 3 is 2.85 bits per heavy atom. The van der Waals surface area contributed by atoms with E-state index in [-0.39, 0.29) is 35.0 Å². The molecule has 1 atom stereocenters. The third-order valence-electron chi connectivity index (χ3n) is 4.07. The van der Waals surface area contributed by atoms with E-state index in [4.69, 9.17) is 16.3 Å². The molecule has 1 heterocycles. The topological polar surface area (TPSA) is 67.8 Å². The lowest BCUT2D eigenvalue weighted by Gasteiger charge is -2.27. The third kappa shape index (κ3) is 3.83. The van der Waals surface area contributed by atoms with Crippen molar-refractivity contribution in [2.45, 2.75) is 13.5 Å². The summed E-state index contributed by atoms with van der Waals surface area (Å²) < 4.78 is 32.0. The molecule has 8 heteroatoms. The second-order valence-corrected chi connectivity index (χ2v) is 6.19. The number of rotatable bonds is 5. The van der Waals surface area contributed by atoms with Crippen molar-refractivity contribution in [3.05, 3.63) is 69.9 Å². The van der Waals surface area contributed by atoms with Gasteiger partial charge < -0.3 is 10.1 Å². The molecule has 1 aromatic carbocycles. The van der Waals surface area contributed by atoms with Crippen LogP contribution in [0.2, 0.25) is 0 Å². The van der Waals surface area contributed by atoms with Crippen LogP contribution in [0.3, 0.4) is 0 Å². The minimum Gasteiger partial charge on any atom is -0.462 e. The van der Waals surface area contributed by atoms with E-state index in [0.29, 0.717) is 5.71 Å². The number of allylic oxidation sites excluding steroid dienone is 4. The number of halogens is 3. The molecular formula is C19H15ClF2N2O3. The maximum atomic E-state index is 13.9. The van der Waals surface area contributed by atoms with E-state index in [2.05, 4.69) is 10.3 Å². The monoisotopic (exact) mass is 392 g/mol. The first-order valence-electron chi connectivity index (χ1n) is 8.18. The van der Waals surface area contributed by atoms with Gasteiger partial charge in [-0.15, -0.1) is 0 Å². The van der Waals surface area contributed by atoms with Gasteiger partial charge in [0.1, 0.15) is 17.2 Å². The second-order valence-electron chi connectivity index (χ2n) is 5.78. The molecule has 1 unspecified atom stereocenters. The number of benzene rings is 1. The van der Waals surface area contributed by atoms with Crippen LogP contribution in [-0.4, -0.2) is 24.2 Å². The average Bonchev–Trinajstić information content (AvgIpc) is 2.61. The van der Waals surface area contributed by atoms with Crippen molar-refractivity contribution in [1.82, 2.24) is 5.32 Å². The van der Waals surface area contributed by atoms with E-state index >= 15 is 0 Å². The molecule has 0 spiro atoms. The molecule has 27 heavy (non-hydrogen) atoms. The van der Waals surface area contributed by atoms with E-state index in [0.717, 1.165) is 12.1 Å². The van der Waals surface area contributed by atoms with Crippen LogP contribution in [0.1, 0.15) is 12.5 Å². The molecule has 0 radical (unpaired) electrons. The zero-order chi connectivity index (χ0) is 19.6. The number of dihydropyridines is 1. The highest BCUT2D eigenvalue weighted by molar-refractivity contribution is 6.46. The number of nitrogens with zero attached hydrogens (tertiary/aromatic N) is 1. The van der Waals surface area contributed by atoms with Gasteiger partial charge in [-0.1, -0.05) is 29.8 Å². The van der Waals surface area contributed by atoms with Crippen LogP contribution < -0.4 is 5.32 Å². The Balaban J connectivity index is 1.98. The summed E-state index contributed by atoms with van der Waals surface area (Å²) in [7, 11) is 0. The summed E-state index contributed by atoms with van der Waals surface area (Å²) in [5.74, 6) is -3.64. The number of esters is 1. The van der Waals surface area contributed by atoms with Crippen LogP contribution in [0, 0.1) is 17.6 Å². The van der Waals surface area contributed by atoms with Crippen LogP contribution in [0.15, 0.2) is 57.7 Å². The fourth-order valence-corrected chi connectivity index (χ4v) is 3.06. The number of hydrogen-bond donors (Lipinski definition) is 1. The molecule has 0 saturated heterocycles. The largest absolute Gasteiger partial charge is 0.462 e. The average molecular weight is 393 g/mol. The van der Waals surface area contributed by atoms with E-state index < -0.39 is 29.4 Å². The van der Waals surface area contributed by atoms with Crippen LogP contribution >= 0.6 is 11.6 Å². The normalized spacial score (nSPS) is 18.7. The zero-order valence-electron chi connectivity index (χ0n) is 14.3. The number of aliphatic imine (C=N–C) groups is 1. The first kappa shape index (κ1) is 19.0. The lowest BCUT2D eigenvalue weighted by Crippen LogP contribution is -2.36. The number of nitrogens with one attached hydrogen (secondary N) is 1. The molecule has 1 aliphatic heterocycles. The molecular weight excluding hydrogens is 378 g/mol. The Bertz CT molecular complexity index is 935. The first-order valence-corrected chi connectivity index (χ1v) is 8.56. The fourth-order valence-electron chi connectivity index (χ4n) is 2.82. The summed E-state index contributed by atoms with van der Waals surface area (Å²) in [6.45, 7) is 1.62. The van der Waals surface area contributed by atoms with Gasteiger partial charge in [-0.2, -0.15) is 0 Å². The lowest BCUT2D eigenvalue weighted by atomic mass is 9.88. The van der Waals surface area contributed by atoms with Crippen molar-refractivity contribution in [2.75, 3.05) is 6.61 Å². The van der Waals surface area contributed by atoms with Gasteiger partial charge in [0.25, 0.3) is 5.91 Å². The molecule has 3 rings (SSSR count). The van der Waals surface area contributed by atoms with Crippen LogP contribution in [0.5, 0.6) is 0 Å².